The molecule has 2 atom stereocenters. The molecule has 0 saturated carbocycles. The van der Waals surface area contributed by atoms with Gasteiger partial charge in [-0.15, -0.1) is 0 Å². The lowest BCUT2D eigenvalue weighted by molar-refractivity contribution is -0.126. The van der Waals surface area contributed by atoms with E-state index in [1.807, 2.05) is 48.7 Å². The number of Topliss-reactive ketones (excluding diaryl/α,β-unsaturated/α-hetero) is 1. The van der Waals surface area contributed by atoms with Gasteiger partial charge < -0.3 is 10.1 Å². The Morgan fingerprint density at radius 2 is 1.75 bits per heavy atom. The first-order chi connectivity index (χ1) is 17.8. The number of hydrogen-bond acceptors (Lipinski definition) is 3. The summed E-state index contributed by atoms with van der Waals surface area (Å²) in [6.45, 7) is 0.563. The Labute approximate surface area is 211 Å². The molecule has 3 heteroatoms. The fourth-order valence-electron chi connectivity index (χ4n) is 5.58. The van der Waals surface area contributed by atoms with Crippen molar-refractivity contribution in [1.82, 2.24) is 5.32 Å². The van der Waals surface area contributed by atoms with Crippen LogP contribution in [0.1, 0.15) is 29.0 Å². The van der Waals surface area contributed by atoms with Crippen molar-refractivity contribution in [3.05, 3.63) is 130 Å². The van der Waals surface area contributed by atoms with Crippen LogP contribution in [0.4, 0.5) is 0 Å². The number of ether oxygens (including phenoxy) is 1. The van der Waals surface area contributed by atoms with Gasteiger partial charge in [0.25, 0.3) is 0 Å². The van der Waals surface area contributed by atoms with Gasteiger partial charge in [-0.3, -0.25) is 4.79 Å². The molecule has 2 unspecified atom stereocenters. The van der Waals surface area contributed by atoms with Crippen molar-refractivity contribution in [3.63, 3.8) is 0 Å². The molecule has 0 saturated heterocycles. The monoisotopic (exact) mass is 471 g/mol. The van der Waals surface area contributed by atoms with Gasteiger partial charge >= 0.3 is 0 Å². The molecule has 1 aliphatic heterocycles. The number of hydrogen-bond donors (Lipinski definition) is 1. The van der Waals surface area contributed by atoms with E-state index in [0.717, 1.165) is 24.1 Å². The molecular weight excluding hydrogens is 442 g/mol. The minimum absolute atomic E-state index is 0.108. The van der Waals surface area contributed by atoms with E-state index in [0.29, 0.717) is 6.61 Å². The highest BCUT2D eigenvalue weighted by Crippen LogP contribution is 2.34. The van der Waals surface area contributed by atoms with Crippen molar-refractivity contribution < 1.29 is 9.53 Å². The first kappa shape index (κ1) is 22.5. The lowest BCUT2D eigenvalue weighted by Crippen LogP contribution is -2.40. The molecule has 3 aromatic rings. The lowest BCUT2D eigenvalue weighted by Gasteiger charge is -2.30. The van der Waals surface area contributed by atoms with Gasteiger partial charge in [-0.2, -0.15) is 0 Å². The van der Waals surface area contributed by atoms with Gasteiger partial charge in [-0.05, 0) is 63.2 Å². The van der Waals surface area contributed by atoms with Crippen LogP contribution in [0.25, 0.3) is 23.3 Å². The highest BCUT2D eigenvalue weighted by Gasteiger charge is 2.30. The number of ketones is 1. The van der Waals surface area contributed by atoms with E-state index in [-0.39, 0.29) is 24.2 Å². The van der Waals surface area contributed by atoms with Gasteiger partial charge in [0.05, 0.1) is 6.61 Å². The predicted molar refractivity (Wildman–Crippen MR) is 145 cm³/mol. The van der Waals surface area contributed by atoms with Gasteiger partial charge in [-0.25, -0.2) is 0 Å². The summed E-state index contributed by atoms with van der Waals surface area (Å²) in [6.07, 6.45) is 16.3. The molecule has 0 spiro atoms. The Morgan fingerprint density at radius 3 is 2.67 bits per heavy atom. The summed E-state index contributed by atoms with van der Waals surface area (Å²) in [6, 6.07) is 23.2. The molecule has 36 heavy (non-hydrogen) atoms. The minimum atomic E-state index is -0.200. The molecule has 3 aromatic carbocycles. The SMILES string of the molecule is O=C(COCc1ccccc1)C1C=c2c(ccc3c2=CCc2ccccc2-3)C(C2=CC=CC=CN2)C1. The van der Waals surface area contributed by atoms with E-state index in [9.17, 15) is 4.79 Å². The summed E-state index contributed by atoms with van der Waals surface area (Å²) in [7, 11) is 0. The number of carbonyl (C=O) groups is 1. The van der Waals surface area contributed by atoms with Crippen LogP contribution in [-0.2, 0) is 22.6 Å². The number of fused-ring (bicyclic) bond motifs is 5. The van der Waals surface area contributed by atoms with E-state index in [1.54, 1.807) is 0 Å². The summed E-state index contributed by atoms with van der Waals surface area (Å²) in [5, 5.41) is 5.91. The highest BCUT2D eigenvalue weighted by atomic mass is 16.5. The normalized spacial score (nSPS) is 19.4. The maximum atomic E-state index is 13.4. The minimum Gasteiger partial charge on any atom is -0.369 e. The second kappa shape index (κ2) is 9.96. The Morgan fingerprint density at radius 1 is 0.889 bits per heavy atom. The van der Waals surface area contributed by atoms with E-state index < -0.39 is 0 Å². The molecular formula is C33H29NO2. The van der Waals surface area contributed by atoms with Crippen LogP contribution in [0.15, 0.2) is 103 Å². The van der Waals surface area contributed by atoms with Crippen LogP contribution in [-0.4, -0.2) is 12.4 Å². The summed E-state index contributed by atoms with van der Waals surface area (Å²) >= 11 is 0. The Kier molecular flexibility index (Phi) is 6.23. The topological polar surface area (TPSA) is 38.3 Å². The zero-order valence-corrected chi connectivity index (χ0v) is 20.2. The van der Waals surface area contributed by atoms with Crippen LogP contribution >= 0.6 is 0 Å². The zero-order chi connectivity index (χ0) is 24.3. The third-order valence-corrected chi connectivity index (χ3v) is 7.38. The van der Waals surface area contributed by atoms with Crippen LogP contribution in [0, 0.1) is 5.92 Å². The molecule has 3 nitrogen and oxygen atoms in total. The van der Waals surface area contributed by atoms with Crippen molar-refractivity contribution in [3.8, 4) is 11.1 Å². The van der Waals surface area contributed by atoms with Crippen LogP contribution in [0.2, 0.25) is 0 Å². The van der Waals surface area contributed by atoms with Gasteiger partial charge in [0.1, 0.15) is 6.61 Å². The number of nitrogens with one attached hydrogen (secondary N) is 1. The van der Waals surface area contributed by atoms with E-state index in [2.05, 4.69) is 66.0 Å². The Hall–Kier alpha value is -3.95. The number of carbonyl (C=O) groups excluding carboxylic acids is 1. The summed E-state index contributed by atoms with van der Waals surface area (Å²) in [4.78, 5) is 13.4. The maximum Gasteiger partial charge on any atom is 0.165 e. The van der Waals surface area contributed by atoms with Crippen molar-refractivity contribution in [2.75, 3.05) is 6.61 Å². The standard InChI is InChI=1S/C33H29NO2/c35-33(22-36-21-23-9-3-1-4-10-23)25-19-30-28-15-14-24-11-6-7-12-26(24)27(28)16-17-29(30)31(20-25)32-13-5-2-8-18-34-32/h1-13,15-19,25,31,34H,14,20-22H2. The van der Waals surface area contributed by atoms with Gasteiger partial charge in [0, 0.05) is 23.7 Å². The summed E-state index contributed by atoms with van der Waals surface area (Å²) in [5.41, 5.74) is 7.37. The van der Waals surface area contributed by atoms with E-state index >= 15 is 0 Å². The predicted octanol–water partition coefficient (Wildman–Crippen LogP) is 4.92. The third kappa shape index (κ3) is 4.38. The number of rotatable bonds is 6. The van der Waals surface area contributed by atoms with E-state index in [1.165, 1.54) is 32.7 Å². The largest absolute Gasteiger partial charge is 0.369 e. The van der Waals surface area contributed by atoms with Crippen LogP contribution in [0.5, 0.6) is 0 Å². The van der Waals surface area contributed by atoms with E-state index in [4.69, 9.17) is 4.74 Å². The summed E-state index contributed by atoms with van der Waals surface area (Å²) in [5.74, 6) is 0.0429. The molecule has 2 aliphatic carbocycles. The Balaban J connectivity index is 1.37. The average Bonchev–Trinajstić information content (AvgIpc) is 3.22. The zero-order valence-electron chi connectivity index (χ0n) is 20.2. The second-order valence-corrected chi connectivity index (χ2v) is 9.61. The fourth-order valence-corrected chi connectivity index (χ4v) is 5.58. The molecule has 0 radical (unpaired) electrons. The molecule has 0 fully saturated rings. The number of benzene rings is 3. The lowest BCUT2D eigenvalue weighted by atomic mass is 9.76. The highest BCUT2D eigenvalue weighted by molar-refractivity contribution is 5.88. The maximum absolute atomic E-state index is 13.4. The molecule has 6 rings (SSSR count). The van der Waals surface area contributed by atoms with Gasteiger partial charge in [0.15, 0.2) is 5.78 Å². The molecule has 1 heterocycles. The Bertz CT molecular complexity index is 1510. The van der Waals surface area contributed by atoms with Crippen molar-refractivity contribution in [2.24, 2.45) is 5.92 Å². The molecule has 3 aliphatic rings. The summed E-state index contributed by atoms with van der Waals surface area (Å²) < 4.78 is 5.85. The third-order valence-electron chi connectivity index (χ3n) is 7.38. The molecule has 0 amide bonds. The molecule has 0 bridgehead atoms. The molecule has 178 valence electrons. The van der Waals surface area contributed by atoms with Crippen LogP contribution in [0.3, 0.4) is 0 Å². The van der Waals surface area contributed by atoms with Gasteiger partial charge in [0.2, 0.25) is 0 Å². The first-order valence-electron chi connectivity index (χ1n) is 12.7. The fraction of sp³-hybridized carbons (Fsp3) is 0.182. The van der Waals surface area contributed by atoms with Crippen molar-refractivity contribution in [1.29, 1.82) is 0 Å². The average molecular weight is 472 g/mol. The van der Waals surface area contributed by atoms with Crippen molar-refractivity contribution in [2.45, 2.75) is 25.4 Å². The molecule has 0 aromatic heterocycles. The van der Waals surface area contributed by atoms with Crippen molar-refractivity contribution >= 4 is 17.9 Å². The number of allylic oxidation sites excluding steroid dienone is 5. The smallest absolute Gasteiger partial charge is 0.165 e. The molecule has 1 N–H and O–H groups in total. The first-order valence-corrected chi connectivity index (χ1v) is 12.7. The van der Waals surface area contributed by atoms with Gasteiger partial charge in [-0.1, -0.05) is 91.0 Å². The second-order valence-electron chi connectivity index (χ2n) is 9.61. The van der Waals surface area contributed by atoms with Crippen LogP contribution < -0.4 is 15.8 Å². The quantitative estimate of drug-likeness (QED) is 0.555.